The van der Waals surface area contributed by atoms with Crippen molar-refractivity contribution < 1.29 is 4.52 Å². The van der Waals surface area contributed by atoms with Crippen LogP contribution in [0.4, 0.5) is 0 Å². The Morgan fingerprint density at radius 3 is 2.79 bits per heavy atom. The Morgan fingerprint density at radius 1 is 1.32 bits per heavy atom. The van der Waals surface area contributed by atoms with Gasteiger partial charge in [0.2, 0.25) is 11.7 Å². The third kappa shape index (κ3) is 3.86. The normalized spacial score (nSPS) is 12.8. The van der Waals surface area contributed by atoms with Crippen LogP contribution < -0.4 is 5.73 Å². The van der Waals surface area contributed by atoms with Crippen LogP contribution in [0.3, 0.4) is 0 Å². The molecular formula is C14H20N4O. The summed E-state index contributed by atoms with van der Waals surface area (Å²) in [7, 11) is 0. The molecule has 0 saturated heterocycles. The molecule has 2 heterocycles. The van der Waals surface area contributed by atoms with Crippen molar-refractivity contribution in [3.05, 3.63) is 30.3 Å². The van der Waals surface area contributed by atoms with Gasteiger partial charge >= 0.3 is 0 Å². The van der Waals surface area contributed by atoms with E-state index in [0.29, 0.717) is 30.1 Å². The first-order chi connectivity index (χ1) is 9.19. The second-order valence-corrected chi connectivity index (χ2v) is 5.16. The SMILES string of the molecule is CC(C)CC(CN)Cc1nc(-c2ccccn2)no1. The molecule has 0 radical (unpaired) electrons. The highest BCUT2D eigenvalue weighted by molar-refractivity contribution is 5.46. The maximum atomic E-state index is 5.78. The Bertz CT molecular complexity index is 495. The van der Waals surface area contributed by atoms with Crippen molar-refractivity contribution in [1.82, 2.24) is 15.1 Å². The van der Waals surface area contributed by atoms with Gasteiger partial charge in [-0.15, -0.1) is 0 Å². The third-order valence-electron chi connectivity index (χ3n) is 2.96. The molecule has 0 aliphatic carbocycles. The molecule has 0 spiro atoms. The number of hydrogen-bond donors (Lipinski definition) is 1. The molecule has 0 bridgehead atoms. The molecule has 2 N–H and O–H groups in total. The molecule has 5 nitrogen and oxygen atoms in total. The fraction of sp³-hybridized carbons (Fsp3) is 0.500. The van der Waals surface area contributed by atoms with E-state index in [1.165, 1.54) is 0 Å². The van der Waals surface area contributed by atoms with Gasteiger partial charge in [0.05, 0.1) is 0 Å². The molecule has 5 heteroatoms. The van der Waals surface area contributed by atoms with Crippen molar-refractivity contribution in [3.8, 4) is 11.5 Å². The topological polar surface area (TPSA) is 77.8 Å². The highest BCUT2D eigenvalue weighted by Crippen LogP contribution is 2.18. The summed E-state index contributed by atoms with van der Waals surface area (Å²) in [5.74, 6) is 2.18. The van der Waals surface area contributed by atoms with E-state index in [0.717, 1.165) is 18.5 Å². The van der Waals surface area contributed by atoms with Crippen molar-refractivity contribution >= 4 is 0 Å². The first-order valence-electron chi connectivity index (χ1n) is 6.63. The molecule has 0 aliphatic rings. The van der Waals surface area contributed by atoms with Crippen LogP contribution in [0.5, 0.6) is 0 Å². The maximum absolute atomic E-state index is 5.78. The molecule has 102 valence electrons. The summed E-state index contributed by atoms with van der Waals surface area (Å²) in [6.07, 6.45) is 3.51. The average molecular weight is 260 g/mol. The van der Waals surface area contributed by atoms with Crippen molar-refractivity contribution in [3.63, 3.8) is 0 Å². The molecule has 0 amide bonds. The molecule has 2 aromatic heterocycles. The van der Waals surface area contributed by atoms with Gasteiger partial charge in [0.1, 0.15) is 5.69 Å². The van der Waals surface area contributed by atoms with E-state index in [4.69, 9.17) is 10.3 Å². The van der Waals surface area contributed by atoms with E-state index in [2.05, 4.69) is 29.0 Å². The number of rotatable bonds is 6. The van der Waals surface area contributed by atoms with Crippen molar-refractivity contribution in [2.75, 3.05) is 6.54 Å². The summed E-state index contributed by atoms with van der Waals surface area (Å²) in [6, 6.07) is 5.63. The highest BCUT2D eigenvalue weighted by atomic mass is 16.5. The van der Waals surface area contributed by atoms with Crippen LogP contribution in [0, 0.1) is 11.8 Å². The Hall–Kier alpha value is -1.75. The van der Waals surface area contributed by atoms with Gasteiger partial charge < -0.3 is 10.3 Å². The van der Waals surface area contributed by atoms with Gasteiger partial charge in [-0.3, -0.25) is 4.98 Å². The zero-order valence-corrected chi connectivity index (χ0v) is 11.4. The van der Waals surface area contributed by atoms with Crippen LogP contribution in [0.15, 0.2) is 28.9 Å². The van der Waals surface area contributed by atoms with Crippen molar-refractivity contribution in [1.29, 1.82) is 0 Å². The van der Waals surface area contributed by atoms with Gasteiger partial charge in [0.25, 0.3) is 0 Å². The van der Waals surface area contributed by atoms with E-state index < -0.39 is 0 Å². The maximum Gasteiger partial charge on any atom is 0.227 e. The lowest BCUT2D eigenvalue weighted by atomic mass is 9.94. The number of nitrogens with two attached hydrogens (primary N) is 1. The molecular weight excluding hydrogens is 240 g/mol. The Balaban J connectivity index is 2.05. The second-order valence-electron chi connectivity index (χ2n) is 5.16. The second kappa shape index (κ2) is 6.43. The summed E-state index contributed by atoms with van der Waals surface area (Å²) in [6.45, 7) is 5.02. The smallest absolute Gasteiger partial charge is 0.227 e. The van der Waals surface area contributed by atoms with E-state index >= 15 is 0 Å². The van der Waals surface area contributed by atoms with E-state index in [1.54, 1.807) is 6.20 Å². The Morgan fingerprint density at radius 2 is 2.16 bits per heavy atom. The predicted octanol–water partition coefficient (Wildman–Crippen LogP) is 2.30. The molecule has 0 fully saturated rings. The zero-order valence-electron chi connectivity index (χ0n) is 11.4. The minimum Gasteiger partial charge on any atom is -0.339 e. The summed E-state index contributed by atoms with van der Waals surface area (Å²) < 4.78 is 5.28. The van der Waals surface area contributed by atoms with Gasteiger partial charge in [-0.2, -0.15) is 4.98 Å². The highest BCUT2D eigenvalue weighted by Gasteiger charge is 2.15. The molecule has 2 rings (SSSR count). The molecule has 1 atom stereocenters. The molecule has 0 aliphatic heterocycles. The van der Waals surface area contributed by atoms with E-state index in [-0.39, 0.29) is 0 Å². The quantitative estimate of drug-likeness (QED) is 0.862. The standard InChI is InChI=1S/C14H20N4O/c1-10(2)7-11(9-15)8-13-17-14(18-19-13)12-5-3-4-6-16-12/h3-6,10-11H,7-9,15H2,1-2H3. The van der Waals surface area contributed by atoms with E-state index in [1.807, 2.05) is 18.2 Å². The Kier molecular flexibility index (Phi) is 4.63. The van der Waals surface area contributed by atoms with E-state index in [9.17, 15) is 0 Å². The van der Waals surface area contributed by atoms with Gasteiger partial charge in [-0.25, -0.2) is 0 Å². The molecule has 19 heavy (non-hydrogen) atoms. The largest absolute Gasteiger partial charge is 0.339 e. The molecule has 0 saturated carbocycles. The van der Waals surface area contributed by atoms with Gasteiger partial charge in [0, 0.05) is 12.6 Å². The summed E-state index contributed by atoms with van der Waals surface area (Å²) >= 11 is 0. The monoisotopic (exact) mass is 260 g/mol. The minimum absolute atomic E-state index is 0.386. The molecule has 2 aromatic rings. The Labute approximate surface area is 113 Å². The predicted molar refractivity (Wildman–Crippen MR) is 73.2 cm³/mol. The third-order valence-corrected chi connectivity index (χ3v) is 2.96. The minimum atomic E-state index is 0.386. The van der Waals surface area contributed by atoms with Crippen LogP contribution in [-0.2, 0) is 6.42 Å². The first-order valence-corrected chi connectivity index (χ1v) is 6.63. The number of aromatic nitrogens is 3. The van der Waals surface area contributed by atoms with Crippen LogP contribution in [-0.4, -0.2) is 21.7 Å². The first kappa shape index (κ1) is 13.7. The van der Waals surface area contributed by atoms with Gasteiger partial charge in [-0.1, -0.05) is 25.1 Å². The molecule has 0 aromatic carbocycles. The number of hydrogen-bond acceptors (Lipinski definition) is 5. The van der Waals surface area contributed by atoms with Crippen LogP contribution in [0.25, 0.3) is 11.5 Å². The van der Waals surface area contributed by atoms with Crippen molar-refractivity contribution in [2.24, 2.45) is 17.6 Å². The lowest BCUT2D eigenvalue weighted by Crippen LogP contribution is -2.19. The van der Waals surface area contributed by atoms with Crippen LogP contribution in [0.2, 0.25) is 0 Å². The number of nitrogens with zero attached hydrogens (tertiary/aromatic N) is 3. The summed E-state index contributed by atoms with van der Waals surface area (Å²) in [4.78, 5) is 8.58. The lowest BCUT2D eigenvalue weighted by Gasteiger charge is -2.14. The van der Waals surface area contributed by atoms with Crippen LogP contribution >= 0.6 is 0 Å². The zero-order chi connectivity index (χ0) is 13.7. The average Bonchev–Trinajstić information content (AvgIpc) is 2.87. The fourth-order valence-electron chi connectivity index (χ4n) is 2.11. The summed E-state index contributed by atoms with van der Waals surface area (Å²) in [5.41, 5.74) is 6.51. The lowest BCUT2D eigenvalue weighted by molar-refractivity contribution is 0.332. The van der Waals surface area contributed by atoms with Gasteiger partial charge in [0.15, 0.2) is 0 Å². The van der Waals surface area contributed by atoms with Crippen molar-refractivity contribution in [2.45, 2.75) is 26.7 Å². The number of pyridine rings is 1. The molecule has 1 unspecified atom stereocenters. The van der Waals surface area contributed by atoms with Crippen LogP contribution in [0.1, 0.15) is 26.2 Å². The van der Waals surface area contributed by atoms with Gasteiger partial charge in [-0.05, 0) is 36.9 Å². The fourth-order valence-corrected chi connectivity index (χ4v) is 2.11. The summed E-state index contributed by atoms with van der Waals surface area (Å²) in [5, 5.41) is 3.96.